The highest BCUT2D eigenvalue weighted by molar-refractivity contribution is 7.14. The van der Waals surface area contributed by atoms with E-state index in [1.807, 2.05) is 37.3 Å². The number of hydrogen-bond acceptors (Lipinski definition) is 11. The molecule has 15 nitrogen and oxygen atoms in total. The van der Waals surface area contributed by atoms with Gasteiger partial charge >= 0.3 is 18.2 Å². The number of rotatable bonds is 8. The number of aryl methyl sites for hydroxylation is 1. The van der Waals surface area contributed by atoms with E-state index in [0.29, 0.717) is 46.0 Å². The summed E-state index contributed by atoms with van der Waals surface area (Å²) in [5, 5.41) is 21.3. The fraction of sp³-hybridized carbons (Fsp3) is 0.537. The number of thiazole rings is 1. The molecule has 2 aliphatic carbocycles. The fourth-order valence-corrected chi connectivity index (χ4v) is 8.72. The molecular weight excluding hydrogens is 753 g/mol. The number of nitrogens with one attached hydrogen (secondary N) is 3. The minimum atomic E-state index is -1.47. The van der Waals surface area contributed by atoms with Crippen molar-refractivity contribution in [3.05, 3.63) is 47.4 Å². The number of anilines is 1. The first-order chi connectivity index (χ1) is 27.4. The number of carboxylic acids is 1. The molecule has 57 heavy (non-hydrogen) atoms. The van der Waals surface area contributed by atoms with Crippen LogP contribution in [0.4, 0.5) is 14.7 Å². The van der Waals surface area contributed by atoms with Crippen LogP contribution in [-0.4, -0.2) is 92.4 Å². The topological polar surface area (TPSA) is 198 Å². The van der Waals surface area contributed by atoms with Gasteiger partial charge in [-0.1, -0.05) is 37.1 Å². The highest BCUT2D eigenvalue weighted by Crippen LogP contribution is 2.45. The van der Waals surface area contributed by atoms with Crippen LogP contribution in [0.15, 0.2) is 41.8 Å². The molecule has 0 unspecified atom stereocenters. The number of amides is 4. The number of fused-ring (bicyclic) bond motifs is 3. The molecule has 2 aromatic heterocycles. The molecule has 4 heterocycles. The Balaban J connectivity index is 1.18. The number of carbonyl (C=O) groups is 5. The van der Waals surface area contributed by atoms with Gasteiger partial charge in [-0.3, -0.25) is 14.9 Å². The Morgan fingerprint density at radius 3 is 2.58 bits per heavy atom. The monoisotopic (exact) mass is 802 g/mol. The number of carbonyl (C=O) groups excluding carboxylic acids is 4. The molecule has 3 aromatic rings. The van der Waals surface area contributed by atoms with Crippen molar-refractivity contribution in [2.45, 2.75) is 127 Å². The first-order valence-corrected chi connectivity index (χ1v) is 20.8. The number of benzene rings is 1. The first-order valence-electron chi connectivity index (χ1n) is 19.9. The standard InChI is InChI=1S/C41H50N6O9S/c1-23(2)54-40(53)45-38-43-31(22-57-38)30-19-33(28-16-11-12-24(3)34(28)42-30)55-27-18-32-35(48)46-41(37(50)51)20-25(41)13-7-5-4-6-8-17-29(36(49)47(32)21-27)44-39(52)56-26-14-9-10-15-26/h7,11-13,16,19,22-23,25-27,29,32H,4-6,8-10,14-15,17-18,20-21H2,1-3H3,(H,44,52)(H,46,48)(H,50,51)(H,43,45,53)/b13-7-/t25-,27+,29+,32-,41+/m0/s1. The quantitative estimate of drug-likeness (QED) is 0.182. The van der Waals surface area contributed by atoms with Crippen LogP contribution in [0.1, 0.15) is 90.0 Å². The van der Waals surface area contributed by atoms with E-state index in [1.54, 1.807) is 25.3 Å². The highest BCUT2D eigenvalue weighted by atomic mass is 32.1. The minimum Gasteiger partial charge on any atom is -0.488 e. The summed E-state index contributed by atoms with van der Waals surface area (Å²) < 4.78 is 17.6. The van der Waals surface area contributed by atoms with Gasteiger partial charge in [-0.15, -0.1) is 11.3 Å². The maximum absolute atomic E-state index is 14.6. The summed E-state index contributed by atoms with van der Waals surface area (Å²) >= 11 is 1.22. The Bertz CT molecular complexity index is 2050. The van der Waals surface area contributed by atoms with Crippen LogP contribution in [0.2, 0.25) is 0 Å². The number of allylic oxidation sites excluding steroid dienone is 1. The Morgan fingerprint density at radius 1 is 1.02 bits per heavy atom. The van der Waals surface area contributed by atoms with Crippen LogP contribution in [0.25, 0.3) is 22.3 Å². The van der Waals surface area contributed by atoms with Crippen LogP contribution in [0.3, 0.4) is 0 Å². The van der Waals surface area contributed by atoms with Gasteiger partial charge in [0, 0.05) is 29.2 Å². The predicted octanol–water partition coefficient (Wildman–Crippen LogP) is 6.49. The number of aliphatic carboxylic acids is 1. The van der Waals surface area contributed by atoms with Crippen LogP contribution in [0, 0.1) is 12.8 Å². The predicted molar refractivity (Wildman–Crippen MR) is 212 cm³/mol. The molecule has 4 aliphatic rings. The molecule has 5 atom stereocenters. The lowest BCUT2D eigenvalue weighted by molar-refractivity contribution is -0.145. The molecule has 1 saturated heterocycles. The van der Waals surface area contributed by atoms with E-state index in [9.17, 15) is 29.1 Å². The number of nitrogens with zero attached hydrogens (tertiary/aromatic N) is 3. The summed E-state index contributed by atoms with van der Waals surface area (Å²) in [5.41, 5.74) is 1.05. The summed E-state index contributed by atoms with van der Waals surface area (Å²) in [4.78, 5) is 77.6. The van der Waals surface area contributed by atoms with Crippen molar-refractivity contribution in [1.29, 1.82) is 0 Å². The second-order valence-corrected chi connectivity index (χ2v) is 16.6. The van der Waals surface area contributed by atoms with Crippen molar-refractivity contribution in [3.8, 4) is 17.1 Å². The van der Waals surface area contributed by atoms with Gasteiger partial charge in [-0.05, 0) is 83.8 Å². The first kappa shape index (κ1) is 40.0. The summed E-state index contributed by atoms with van der Waals surface area (Å²) in [6, 6.07) is 5.41. The van der Waals surface area contributed by atoms with E-state index < -0.39 is 53.7 Å². The summed E-state index contributed by atoms with van der Waals surface area (Å²) in [7, 11) is 0. The van der Waals surface area contributed by atoms with Gasteiger partial charge in [0.15, 0.2) is 5.13 Å². The molecule has 16 heteroatoms. The number of para-hydroxylation sites is 1. The van der Waals surface area contributed by atoms with Gasteiger partial charge in [0.2, 0.25) is 11.8 Å². The van der Waals surface area contributed by atoms with E-state index in [1.165, 1.54) is 16.2 Å². The van der Waals surface area contributed by atoms with Crippen LogP contribution in [0.5, 0.6) is 5.75 Å². The lowest BCUT2D eigenvalue weighted by Gasteiger charge is -2.29. The van der Waals surface area contributed by atoms with Gasteiger partial charge in [0.25, 0.3) is 0 Å². The zero-order valence-electron chi connectivity index (χ0n) is 32.5. The number of carboxylic acid groups (broad SMARTS) is 1. The molecule has 2 aliphatic heterocycles. The summed E-state index contributed by atoms with van der Waals surface area (Å²) in [6.07, 6.45) is 8.54. The van der Waals surface area contributed by atoms with Crippen molar-refractivity contribution in [3.63, 3.8) is 0 Å². The van der Waals surface area contributed by atoms with Crippen LogP contribution < -0.4 is 20.7 Å². The van der Waals surface area contributed by atoms with E-state index in [2.05, 4.69) is 20.9 Å². The molecule has 0 radical (unpaired) electrons. The zero-order chi connectivity index (χ0) is 40.3. The van der Waals surface area contributed by atoms with Crippen LogP contribution in [-0.2, 0) is 23.9 Å². The van der Waals surface area contributed by atoms with Crippen molar-refractivity contribution in [2.24, 2.45) is 5.92 Å². The van der Waals surface area contributed by atoms with Crippen LogP contribution >= 0.6 is 11.3 Å². The number of aromatic nitrogens is 2. The van der Waals surface area contributed by atoms with E-state index in [0.717, 1.165) is 50.5 Å². The van der Waals surface area contributed by atoms with Crippen molar-refractivity contribution < 1.29 is 43.3 Å². The molecule has 7 rings (SSSR count). The number of hydrogen-bond donors (Lipinski definition) is 4. The average molecular weight is 803 g/mol. The number of pyridine rings is 1. The van der Waals surface area contributed by atoms with Gasteiger partial charge in [-0.25, -0.2) is 24.4 Å². The average Bonchev–Trinajstić information content (AvgIpc) is 3.59. The third kappa shape index (κ3) is 9.16. The molecular formula is C41H50N6O9S. The van der Waals surface area contributed by atoms with Gasteiger partial charge < -0.3 is 34.9 Å². The Morgan fingerprint density at radius 2 is 1.81 bits per heavy atom. The van der Waals surface area contributed by atoms with E-state index >= 15 is 0 Å². The molecule has 0 bridgehead atoms. The molecule has 3 fully saturated rings. The Labute approximate surface area is 334 Å². The zero-order valence-corrected chi connectivity index (χ0v) is 33.3. The van der Waals surface area contributed by atoms with Crippen molar-refractivity contribution in [1.82, 2.24) is 25.5 Å². The highest BCUT2D eigenvalue weighted by Gasteiger charge is 2.61. The second kappa shape index (κ2) is 17.1. The maximum Gasteiger partial charge on any atom is 0.413 e. The minimum absolute atomic E-state index is 0.00384. The third-order valence-corrected chi connectivity index (χ3v) is 11.9. The summed E-state index contributed by atoms with van der Waals surface area (Å²) in [6.45, 7) is 5.44. The Kier molecular flexibility index (Phi) is 12.0. The maximum atomic E-state index is 14.6. The fourth-order valence-electron chi connectivity index (χ4n) is 8.03. The SMILES string of the molecule is Cc1cccc2c(O[C@@H]3C[C@H]4C(=O)N[C@]5(C(=O)O)C[C@@H]5/C=C\CCCCC[C@@H](NC(=O)OC5CCCC5)C(=O)N4C3)cc(-c3csc(NC(=O)OC(C)C)n3)nc12. The van der Waals surface area contributed by atoms with Gasteiger partial charge in [-0.2, -0.15) is 0 Å². The van der Waals surface area contributed by atoms with Crippen molar-refractivity contribution in [2.75, 3.05) is 11.9 Å². The molecule has 4 amide bonds. The second-order valence-electron chi connectivity index (χ2n) is 15.7. The van der Waals surface area contributed by atoms with E-state index in [-0.39, 0.29) is 37.5 Å². The summed E-state index contributed by atoms with van der Waals surface area (Å²) in [5.74, 6) is -2.09. The molecule has 2 saturated carbocycles. The number of alkyl carbamates (subject to hydrolysis) is 1. The molecule has 4 N–H and O–H groups in total. The number of ether oxygens (including phenoxy) is 3. The van der Waals surface area contributed by atoms with E-state index in [4.69, 9.17) is 19.2 Å². The molecule has 1 aromatic carbocycles. The molecule has 0 spiro atoms. The molecule has 304 valence electrons. The van der Waals surface area contributed by atoms with Gasteiger partial charge in [0.05, 0.1) is 23.9 Å². The smallest absolute Gasteiger partial charge is 0.413 e. The van der Waals surface area contributed by atoms with Gasteiger partial charge in [0.1, 0.15) is 41.3 Å². The lowest BCUT2D eigenvalue weighted by Crippen LogP contribution is -2.56. The largest absolute Gasteiger partial charge is 0.488 e. The third-order valence-electron chi connectivity index (χ3n) is 11.1. The normalized spacial score (nSPS) is 26.1. The van der Waals surface area contributed by atoms with Crippen molar-refractivity contribution >= 4 is 57.3 Å². The lowest BCUT2D eigenvalue weighted by atomic mass is 10.0. The Hall–Kier alpha value is -5.25.